The van der Waals surface area contributed by atoms with Crippen molar-refractivity contribution in [3.8, 4) is 27.5 Å². The molecule has 0 atom stereocenters. The smallest absolute Gasteiger partial charge is 0.355 e. The Labute approximate surface area is 239 Å². The number of carbonyl (C=O) groups is 1. The van der Waals surface area contributed by atoms with Crippen molar-refractivity contribution < 1.29 is 22.9 Å². The third-order valence-corrected chi connectivity index (χ3v) is 9.23. The Bertz CT molecular complexity index is 1840. The standard InChI is InChI=1S/C30H26F2N4O3S2/c1-41(33,39)23-12-9-20(25(32)15-23)14-24-27(21-4-2-3-19(13-21)17-7-10-22(31)11-8-17)35-36(28(24)18-5-6-18)30-34-26(16-40-30)29(37)38/h2-4,7-13,15-16,18,41H,5-6,14H2,1H3,(H2,33,39)(H,37,38). The second-order valence-corrected chi connectivity index (χ2v) is 13.6. The van der Waals surface area contributed by atoms with Crippen LogP contribution in [0.15, 0.2) is 77.0 Å². The quantitative estimate of drug-likeness (QED) is 0.192. The van der Waals surface area contributed by atoms with Crippen molar-refractivity contribution in [2.75, 3.05) is 6.26 Å². The molecule has 0 radical (unpaired) electrons. The highest BCUT2D eigenvalue weighted by Gasteiger charge is 2.34. The van der Waals surface area contributed by atoms with Crippen LogP contribution in [-0.4, -0.2) is 36.3 Å². The minimum atomic E-state index is -3.13. The summed E-state index contributed by atoms with van der Waals surface area (Å²) in [5.41, 5.74) is 5.06. The van der Waals surface area contributed by atoms with Gasteiger partial charge in [-0.25, -0.2) is 23.2 Å². The van der Waals surface area contributed by atoms with Crippen LogP contribution >= 0.6 is 11.3 Å². The molecule has 0 unspecified atom stereocenters. The SMILES string of the molecule is C[SH](N)(=O)c1ccc(Cc2c(-c3cccc(-c4ccc(F)cc4)c3)nn(-c3nc(C(=O)O)cs3)c2C2CC2)c(F)c1. The molecule has 41 heavy (non-hydrogen) atoms. The summed E-state index contributed by atoms with van der Waals surface area (Å²) in [4.78, 5) is 16.1. The lowest BCUT2D eigenvalue weighted by Crippen LogP contribution is -2.21. The van der Waals surface area contributed by atoms with E-state index in [9.17, 15) is 18.5 Å². The van der Waals surface area contributed by atoms with Gasteiger partial charge >= 0.3 is 5.97 Å². The number of thiol groups is 1. The lowest BCUT2D eigenvalue weighted by Gasteiger charge is -2.14. The van der Waals surface area contributed by atoms with E-state index in [1.54, 1.807) is 28.9 Å². The topological polar surface area (TPSA) is 111 Å². The summed E-state index contributed by atoms with van der Waals surface area (Å²) < 4.78 is 43.0. The summed E-state index contributed by atoms with van der Waals surface area (Å²) >= 11 is 1.18. The number of aromatic carboxylic acids is 1. The lowest BCUT2D eigenvalue weighted by atomic mass is 9.95. The van der Waals surface area contributed by atoms with Gasteiger partial charge in [-0.3, -0.25) is 9.35 Å². The zero-order chi connectivity index (χ0) is 28.9. The van der Waals surface area contributed by atoms with Crippen LogP contribution in [0.1, 0.15) is 46.1 Å². The molecule has 3 aromatic carbocycles. The van der Waals surface area contributed by atoms with Crippen molar-refractivity contribution >= 4 is 27.4 Å². The summed E-state index contributed by atoms with van der Waals surface area (Å²) in [5, 5.41) is 22.1. The van der Waals surface area contributed by atoms with Gasteiger partial charge < -0.3 is 5.11 Å². The van der Waals surface area contributed by atoms with Crippen molar-refractivity contribution in [3.05, 3.63) is 106 Å². The van der Waals surface area contributed by atoms with Gasteiger partial charge in [0, 0.05) is 40.0 Å². The monoisotopic (exact) mass is 592 g/mol. The Morgan fingerprint density at radius 1 is 1.07 bits per heavy atom. The third kappa shape index (κ3) is 5.48. The maximum Gasteiger partial charge on any atom is 0.355 e. The van der Waals surface area contributed by atoms with Gasteiger partial charge in [0.15, 0.2) is 5.69 Å². The van der Waals surface area contributed by atoms with Crippen molar-refractivity contribution in [3.63, 3.8) is 0 Å². The maximum atomic E-state index is 15.4. The highest BCUT2D eigenvalue weighted by molar-refractivity contribution is 8.00. The summed E-state index contributed by atoms with van der Waals surface area (Å²) in [6, 6.07) is 18.3. The molecule has 0 amide bonds. The van der Waals surface area contributed by atoms with E-state index in [1.165, 1.54) is 41.2 Å². The van der Waals surface area contributed by atoms with Crippen LogP contribution in [0.4, 0.5) is 8.78 Å². The molecule has 0 bridgehead atoms. The van der Waals surface area contributed by atoms with Gasteiger partial charge in [0.2, 0.25) is 5.13 Å². The van der Waals surface area contributed by atoms with Gasteiger partial charge in [-0.15, -0.1) is 11.3 Å². The first kappa shape index (κ1) is 27.1. The van der Waals surface area contributed by atoms with Crippen molar-refractivity contribution in [2.45, 2.75) is 30.1 Å². The van der Waals surface area contributed by atoms with Crippen LogP contribution in [0.5, 0.6) is 0 Å². The van der Waals surface area contributed by atoms with Crippen LogP contribution in [0.2, 0.25) is 0 Å². The van der Waals surface area contributed by atoms with Gasteiger partial charge in [0.1, 0.15) is 11.6 Å². The number of thiazole rings is 1. The molecule has 1 aliphatic carbocycles. The molecule has 6 rings (SSSR count). The fourth-order valence-corrected chi connectivity index (χ4v) is 6.39. The molecule has 0 spiro atoms. The molecular weight excluding hydrogens is 566 g/mol. The molecule has 5 aromatic rings. The van der Waals surface area contributed by atoms with Crippen molar-refractivity contribution in [2.24, 2.45) is 5.14 Å². The molecule has 2 heterocycles. The number of nitrogens with zero attached hydrogens (tertiary/aromatic N) is 3. The fraction of sp³-hybridized carbons (Fsp3) is 0.167. The van der Waals surface area contributed by atoms with Gasteiger partial charge in [-0.1, -0.05) is 36.4 Å². The highest BCUT2D eigenvalue weighted by atomic mass is 32.3. The molecule has 7 nitrogen and oxygen atoms in total. The van der Waals surface area contributed by atoms with Crippen molar-refractivity contribution in [1.29, 1.82) is 0 Å². The first-order chi connectivity index (χ1) is 19.6. The Balaban J connectivity index is 1.52. The second kappa shape index (κ2) is 10.4. The van der Waals surface area contributed by atoms with Crippen LogP contribution in [0.3, 0.4) is 0 Å². The van der Waals surface area contributed by atoms with E-state index in [-0.39, 0.29) is 28.7 Å². The van der Waals surface area contributed by atoms with E-state index in [1.807, 2.05) is 24.3 Å². The Morgan fingerprint density at radius 3 is 2.44 bits per heavy atom. The molecule has 1 fully saturated rings. The zero-order valence-corrected chi connectivity index (χ0v) is 23.6. The Kier molecular flexibility index (Phi) is 6.88. The molecule has 2 aromatic heterocycles. The molecular formula is C30H26F2N4O3S2. The van der Waals surface area contributed by atoms with Gasteiger partial charge in [0.25, 0.3) is 0 Å². The van der Waals surface area contributed by atoms with E-state index in [4.69, 9.17) is 10.2 Å². The second-order valence-electron chi connectivity index (χ2n) is 10.2. The lowest BCUT2D eigenvalue weighted by molar-refractivity contribution is 0.0691. The van der Waals surface area contributed by atoms with Gasteiger partial charge in [-0.2, -0.15) is 5.10 Å². The predicted molar refractivity (Wildman–Crippen MR) is 156 cm³/mol. The predicted octanol–water partition coefficient (Wildman–Crippen LogP) is 5.99. The van der Waals surface area contributed by atoms with Crippen molar-refractivity contribution in [1.82, 2.24) is 14.8 Å². The highest BCUT2D eigenvalue weighted by Crippen LogP contribution is 2.46. The summed E-state index contributed by atoms with van der Waals surface area (Å²) in [7, 11) is -3.13. The van der Waals surface area contributed by atoms with Crippen LogP contribution in [0.25, 0.3) is 27.5 Å². The largest absolute Gasteiger partial charge is 0.476 e. The fourth-order valence-electron chi connectivity index (χ4n) is 4.89. The Hall–Kier alpha value is -4.06. The normalized spacial score (nSPS) is 13.9. The number of carboxylic acids is 1. The van der Waals surface area contributed by atoms with Crippen LogP contribution in [-0.2, 0) is 16.5 Å². The minimum absolute atomic E-state index is 0.0731. The number of rotatable bonds is 8. The zero-order valence-electron chi connectivity index (χ0n) is 21.9. The number of benzene rings is 3. The molecule has 0 saturated heterocycles. The number of nitrogens with two attached hydrogens (primary N) is 1. The number of hydrogen-bond donors (Lipinski definition) is 3. The van der Waals surface area contributed by atoms with E-state index in [0.717, 1.165) is 40.8 Å². The molecule has 210 valence electrons. The average Bonchev–Trinajstić information content (AvgIpc) is 3.52. The first-order valence-electron chi connectivity index (χ1n) is 12.9. The third-order valence-electron chi connectivity index (χ3n) is 7.11. The van der Waals surface area contributed by atoms with Crippen LogP contribution < -0.4 is 5.14 Å². The summed E-state index contributed by atoms with van der Waals surface area (Å²) in [6.45, 7) is 0. The number of carboxylic acid groups (broad SMARTS) is 1. The number of halogens is 2. The number of hydrogen-bond acceptors (Lipinski definition) is 5. The molecule has 1 aliphatic rings. The maximum absolute atomic E-state index is 15.4. The number of aromatic nitrogens is 3. The minimum Gasteiger partial charge on any atom is -0.476 e. The molecule has 0 aliphatic heterocycles. The van der Waals surface area contributed by atoms with E-state index >= 15 is 4.39 Å². The molecule has 1 saturated carbocycles. The Morgan fingerprint density at radius 2 is 1.80 bits per heavy atom. The van der Waals surface area contributed by atoms with Gasteiger partial charge in [-0.05, 0) is 70.0 Å². The van der Waals surface area contributed by atoms with Gasteiger partial charge in [0.05, 0.1) is 11.4 Å². The average molecular weight is 593 g/mol. The van der Waals surface area contributed by atoms with E-state index in [0.29, 0.717) is 16.4 Å². The van der Waals surface area contributed by atoms with E-state index in [2.05, 4.69) is 4.98 Å². The molecule has 3 N–H and O–H groups in total. The van der Waals surface area contributed by atoms with E-state index < -0.39 is 21.9 Å². The van der Waals surface area contributed by atoms with Crippen LogP contribution in [0, 0.1) is 11.6 Å². The summed E-state index contributed by atoms with van der Waals surface area (Å²) in [6.07, 6.45) is 3.42. The first-order valence-corrected chi connectivity index (χ1v) is 16.0. The molecule has 11 heteroatoms. The summed E-state index contributed by atoms with van der Waals surface area (Å²) in [5.74, 6) is -1.81.